The van der Waals surface area contributed by atoms with Gasteiger partial charge in [-0.3, -0.25) is 0 Å². The lowest BCUT2D eigenvalue weighted by Crippen LogP contribution is -2.09. The Morgan fingerprint density at radius 2 is 0.935 bits per heavy atom. The fourth-order valence-electron chi connectivity index (χ4n) is 3.56. The molecule has 0 atom stereocenters. The predicted octanol–water partition coefficient (Wildman–Crippen LogP) is 8.89. The zero-order chi connectivity index (χ0) is 22.8. The molecule has 0 saturated carbocycles. The van der Waals surface area contributed by atoms with Crippen LogP contribution in [0.3, 0.4) is 0 Å². The van der Waals surface area contributed by atoms with Gasteiger partial charge >= 0.3 is 5.95 Å². The normalized spacial score (nSPS) is 12.0. The molecule has 0 aliphatic heterocycles. The third-order valence-electron chi connectivity index (χ3n) is 5.55. The lowest BCUT2D eigenvalue weighted by atomic mass is 10.1. The van der Waals surface area contributed by atoms with Crippen LogP contribution in [0.25, 0.3) is 0 Å². The number of hydrogen-bond donors (Lipinski definition) is 0. The molecule has 0 bridgehead atoms. The predicted molar refractivity (Wildman–Crippen MR) is 132 cm³/mol. The molecule has 4 heteroatoms. The molecule has 0 unspecified atom stereocenters. The van der Waals surface area contributed by atoms with Gasteiger partial charge in [-0.25, -0.2) is 0 Å². The molecule has 0 aliphatic rings. The van der Waals surface area contributed by atoms with Crippen molar-refractivity contribution in [3.8, 4) is 0 Å². The Morgan fingerprint density at radius 1 is 0.484 bits per heavy atom. The number of unbranched alkanes of at least 4 members (excludes halogenated alkanes) is 14. The van der Waals surface area contributed by atoms with Gasteiger partial charge in [0, 0.05) is 13.5 Å². The van der Waals surface area contributed by atoms with Crippen LogP contribution in [0.2, 0.25) is 0 Å². The first-order chi connectivity index (χ1) is 15.3. The van der Waals surface area contributed by atoms with Gasteiger partial charge in [0.25, 0.3) is 0 Å². The van der Waals surface area contributed by atoms with Crippen molar-refractivity contribution in [1.82, 2.24) is 0 Å². The molecule has 0 amide bonds. The largest absolute Gasteiger partial charge is 0.491 e. The molecule has 4 nitrogen and oxygen atoms in total. The molecular weight excluding hydrogens is 388 g/mol. The zero-order valence-electron chi connectivity index (χ0n) is 21.5. The van der Waals surface area contributed by atoms with Crippen LogP contribution in [0.5, 0.6) is 0 Å². The molecule has 0 heterocycles. The minimum absolute atomic E-state index is 0.199. The van der Waals surface area contributed by atoms with Gasteiger partial charge in [0.1, 0.15) is 0 Å². The van der Waals surface area contributed by atoms with Crippen molar-refractivity contribution in [3.05, 3.63) is 11.7 Å². The second-order valence-electron chi connectivity index (χ2n) is 8.66. The summed E-state index contributed by atoms with van der Waals surface area (Å²) in [5, 5.41) is 0. The van der Waals surface area contributed by atoms with Gasteiger partial charge in [-0.1, -0.05) is 111 Å². The molecule has 0 aromatic rings. The van der Waals surface area contributed by atoms with Gasteiger partial charge in [-0.15, -0.1) is 0 Å². The van der Waals surface area contributed by atoms with Crippen molar-refractivity contribution in [1.29, 1.82) is 0 Å². The SMILES string of the molecule is CCCCCCCCCCCC(OCCCCCC)=C(OCCCCCC)OCOC. The highest BCUT2D eigenvalue weighted by Crippen LogP contribution is 2.20. The van der Waals surface area contributed by atoms with Gasteiger partial charge in [0.2, 0.25) is 0 Å². The van der Waals surface area contributed by atoms with Crippen molar-refractivity contribution in [2.45, 2.75) is 136 Å². The first-order valence-electron chi connectivity index (χ1n) is 13.4. The number of rotatable bonds is 25. The summed E-state index contributed by atoms with van der Waals surface area (Å²) in [4.78, 5) is 0. The Hall–Kier alpha value is -0.900. The number of allylic oxidation sites excluding steroid dienone is 1. The van der Waals surface area contributed by atoms with Crippen LogP contribution in [0.15, 0.2) is 11.7 Å². The maximum absolute atomic E-state index is 6.17. The Kier molecular flexibility index (Phi) is 24.6. The summed E-state index contributed by atoms with van der Waals surface area (Å²) >= 11 is 0. The van der Waals surface area contributed by atoms with Crippen LogP contribution >= 0.6 is 0 Å². The Bertz CT molecular complexity index is 381. The van der Waals surface area contributed by atoms with E-state index in [1.807, 2.05) is 0 Å². The van der Waals surface area contributed by atoms with E-state index in [-0.39, 0.29) is 6.79 Å². The quantitative estimate of drug-likeness (QED) is 0.0803. The third kappa shape index (κ3) is 20.7. The molecule has 0 aromatic heterocycles. The Balaban J connectivity index is 4.54. The van der Waals surface area contributed by atoms with E-state index >= 15 is 0 Å². The van der Waals surface area contributed by atoms with Crippen molar-refractivity contribution < 1.29 is 18.9 Å². The highest BCUT2D eigenvalue weighted by molar-refractivity contribution is 4.95. The molecular formula is C27H54O4. The lowest BCUT2D eigenvalue weighted by Gasteiger charge is -2.17. The van der Waals surface area contributed by atoms with Crippen molar-refractivity contribution >= 4 is 0 Å². The lowest BCUT2D eigenvalue weighted by molar-refractivity contribution is -0.0692. The van der Waals surface area contributed by atoms with E-state index in [9.17, 15) is 0 Å². The van der Waals surface area contributed by atoms with E-state index in [0.29, 0.717) is 12.6 Å². The Labute approximate surface area is 194 Å². The summed E-state index contributed by atoms with van der Waals surface area (Å²) in [6.07, 6.45) is 22.3. The van der Waals surface area contributed by atoms with Crippen LogP contribution in [-0.2, 0) is 18.9 Å². The molecule has 0 aliphatic carbocycles. The monoisotopic (exact) mass is 442 g/mol. The fourth-order valence-corrected chi connectivity index (χ4v) is 3.56. The molecule has 0 fully saturated rings. The van der Waals surface area contributed by atoms with Crippen LogP contribution in [0.1, 0.15) is 136 Å². The topological polar surface area (TPSA) is 36.9 Å². The van der Waals surface area contributed by atoms with Gasteiger partial charge in [0.05, 0.1) is 13.2 Å². The minimum Gasteiger partial charge on any atom is -0.491 e. The van der Waals surface area contributed by atoms with Gasteiger partial charge in [-0.2, -0.15) is 0 Å². The summed E-state index contributed by atoms with van der Waals surface area (Å²) in [6.45, 7) is 8.36. The van der Waals surface area contributed by atoms with Crippen LogP contribution in [0.4, 0.5) is 0 Å². The number of ether oxygens (including phenoxy) is 4. The second-order valence-corrected chi connectivity index (χ2v) is 8.66. The molecule has 0 rings (SSSR count). The summed E-state index contributed by atoms with van der Waals surface area (Å²) < 4.78 is 23.1. The molecule has 0 N–H and O–H groups in total. The van der Waals surface area contributed by atoms with Crippen molar-refractivity contribution in [2.24, 2.45) is 0 Å². The zero-order valence-corrected chi connectivity index (χ0v) is 21.5. The summed E-state index contributed by atoms with van der Waals surface area (Å²) in [5.74, 6) is 1.43. The first-order valence-corrected chi connectivity index (χ1v) is 13.4. The van der Waals surface area contributed by atoms with E-state index in [0.717, 1.165) is 38.0 Å². The smallest absolute Gasteiger partial charge is 0.321 e. The molecule has 31 heavy (non-hydrogen) atoms. The third-order valence-corrected chi connectivity index (χ3v) is 5.55. The molecule has 186 valence electrons. The maximum atomic E-state index is 6.17. The van der Waals surface area contributed by atoms with Gasteiger partial charge < -0.3 is 18.9 Å². The van der Waals surface area contributed by atoms with Crippen molar-refractivity contribution in [2.75, 3.05) is 27.1 Å². The van der Waals surface area contributed by atoms with E-state index in [2.05, 4.69) is 20.8 Å². The van der Waals surface area contributed by atoms with Gasteiger partial charge in [-0.05, 0) is 19.3 Å². The molecule has 0 spiro atoms. The van der Waals surface area contributed by atoms with E-state index < -0.39 is 0 Å². The van der Waals surface area contributed by atoms with Crippen LogP contribution in [0, 0.1) is 0 Å². The Morgan fingerprint density at radius 3 is 1.45 bits per heavy atom. The second kappa shape index (κ2) is 25.4. The van der Waals surface area contributed by atoms with Crippen molar-refractivity contribution in [3.63, 3.8) is 0 Å². The molecule has 0 saturated heterocycles. The van der Waals surface area contributed by atoms with E-state index in [4.69, 9.17) is 18.9 Å². The maximum Gasteiger partial charge on any atom is 0.321 e. The van der Waals surface area contributed by atoms with E-state index in [1.54, 1.807) is 7.11 Å². The average Bonchev–Trinajstić information content (AvgIpc) is 2.78. The molecule has 0 aromatic carbocycles. The fraction of sp³-hybridized carbons (Fsp3) is 0.926. The summed E-state index contributed by atoms with van der Waals surface area (Å²) in [5.41, 5.74) is 0. The standard InChI is InChI=1S/C27H54O4/c1-5-8-11-14-15-16-17-18-19-22-26(29-23-20-12-9-6-2)27(31-25-28-4)30-24-21-13-10-7-3/h5-25H2,1-4H3. The summed E-state index contributed by atoms with van der Waals surface area (Å²) in [6, 6.07) is 0. The highest BCUT2D eigenvalue weighted by Gasteiger charge is 2.13. The number of methoxy groups -OCH3 is 1. The van der Waals surface area contributed by atoms with E-state index in [1.165, 1.54) is 89.9 Å². The first kappa shape index (κ1) is 30.1. The molecule has 0 radical (unpaired) electrons. The summed E-state index contributed by atoms with van der Waals surface area (Å²) in [7, 11) is 1.64. The van der Waals surface area contributed by atoms with Crippen LogP contribution in [-0.4, -0.2) is 27.1 Å². The average molecular weight is 443 g/mol. The highest BCUT2D eigenvalue weighted by atomic mass is 16.7. The number of hydrogen-bond acceptors (Lipinski definition) is 4. The van der Waals surface area contributed by atoms with Gasteiger partial charge in [0.15, 0.2) is 12.6 Å². The van der Waals surface area contributed by atoms with Crippen LogP contribution < -0.4 is 0 Å². The minimum atomic E-state index is 0.199.